The van der Waals surface area contributed by atoms with Crippen molar-refractivity contribution in [2.45, 2.75) is 19.1 Å². The Morgan fingerprint density at radius 3 is 2.53 bits per heavy atom. The molecule has 10 heteroatoms. The number of halogens is 4. The van der Waals surface area contributed by atoms with Crippen LogP contribution < -0.4 is 5.32 Å². The number of carbonyl (C=O) groups excluding carboxylic acids is 1. The first-order chi connectivity index (χ1) is 14.2. The quantitative estimate of drug-likeness (QED) is 0.653. The van der Waals surface area contributed by atoms with Crippen LogP contribution in [0, 0.1) is 11.3 Å². The van der Waals surface area contributed by atoms with Crippen molar-refractivity contribution in [2.24, 2.45) is 0 Å². The van der Waals surface area contributed by atoms with Gasteiger partial charge < -0.3 is 5.32 Å². The van der Waals surface area contributed by atoms with Crippen LogP contribution >= 0.6 is 11.6 Å². The highest BCUT2D eigenvalue weighted by molar-refractivity contribution is 6.30. The van der Waals surface area contributed by atoms with E-state index in [9.17, 15) is 18.0 Å². The van der Waals surface area contributed by atoms with Crippen LogP contribution in [0.15, 0.2) is 48.9 Å². The molecule has 0 spiro atoms. The van der Waals surface area contributed by atoms with Gasteiger partial charge in [-0.25, -0.2) is 0 Å². The molecule has 0 radical (unpaired) electrons. The lowest BCUT2D eigenvalue weighted by Gasteiger charge is -2.17. The molecule has 6 nitrogen and oxygen atoms in total. The maximum Gasteiger partial charge on any atom is 0.416 e. The summed E-state index contributed by atoms with van der Waals surface area (Å²) in [5.74, 6) is -0.786. The van der Waals surface area contributed by atoms with Gasteiger partial charge in [-0.05, 0) is 37.3 Å². The molecule has 0 saturated carbocycles. The smallest absolute Gasteiger partial charge is 0.344 e. The Bertz CT molecular complexity index is 1130. The Labute approximate surface area is 174 Å². The molecule has 1 N–H and O–H groups in total. The molecule has 1 aromatic carbocycles. The third kappa shape index (κ3) is 4.72. The lowest BCUT2D eigenvalue weighted by atomic mass is 10.0. The van der Waals surface area contributed by atoms with Crippen molar-refractivity contribution >= 4 is 17.5 Å². The van der Waals surface area contributed by atoms with Crippen LogP contribution in [0.4, 0.5) is 13.2 Å². The highest BCUT2D eigenvalue weighted by Crippen LogP contribution is 2.31. The minimum atomic E-state index is -4.69. The number of nitrogens with one attached hydrogen (secondary N) is 1. The Balaban J connectivity index is 1.91. The zero-order chi connectivity index (χ0) is 21.9. The van der Waals surface area contributed by atoms with Crippen LogP contribution in [0.1, 0.15) is 40.1 Å². The van der Waals surface area contributed by atoms with Crippen LogP contribution in [0.25, 0.3) is 11.4 Å². The summed E-state index contributed by atoms with van der Waals surface area (Å²) < 4.78 is 39.2. The molecule has 152 valence electrons. The second-order valence-corrected chi connectivity index (χ2v) is 6.69. The van der Waals surface area contributed by atoms with E-state index < -0.39 is 23.7 Å². The van der Waals surface area contributed by atoms with E-state index >= 15 is 0 Å². The molecule has 1 amide bonds. The number of nitrogens with zero attached hydrogens (tertiary/aromatic N) is 4. The average molecular weight is 432 g/mol. The number of aromatic nitrogens is 3. The Kier molecular flexibility index (Phi) is 5.99. The van der Waals surface area contributed by atoms with Crippen molar-refractivity contribution in [3.05, 3.63) is 76.3 Å². The van der Waals surface area contributed by atoms with Crippen molar-refractivity contribution in [1.29, 1.82) is 5.26 Å². The molecule has 3 aromatic rings. The predicted molar refractivity (Wildman–Crippen MR) is 102 cm³/mol. The lowest BCUT2D eigenvalue weighted by molar-refractivity contribution is -0.137. The van der Waals surface area contributed by atoms with Gasteiger partial charge in [0.25, 0.3) is 5.91 Å². The van der Waals surface area contributed by atoms with E-state index in [2.05, 4.69) is 20.3 Å². The monoisotopic (exact) mass is 431 g/mol. The zero-order valence-corrected chi connectivity index (χ0v) is 16.2. The van der Waals surface area contributed by atoms with Crippen molar-refractivity contribution in [3.8, 4) is 17.5 Å². The van der Waals surface area contributed by atoms with E-state index in [-0.39, 0.29) is 11.1 Å². The van der Waals surface area contributed by atoms with E-state index in [4.69, 9.17) is 16.9 Å². The number of amides is 1. The largest absolute Gasteiger partial charge is 0.416 e. The highest BCUT2D eigenvalue weighted by atomic mass is 35.5. The second-order valence-electron chi connectivity index (χ2n) is 6.26. The molecule has 0 aliphatic heterocycles. The predicted octanol–water partition coefficient (Wildman–Crippen LogP) is 4.57. The summed E-state index contributed by atoms with van der Waals surface area (Å²) in [6, 6.07) is 6.66. The summed E-state index contributed by atoms with van der Waals surface area (Å²) in [4.78, 5) is 25.3. The van der Waals surface area contributed by atoms with E-state index in [1.165, 1.54) is 18.6 Å². The van der Waals surface area contributed by atoms with Crippen LogP contribution in [0.2, 0.25) is 5.02 Å². The first kappa shape index (κ1) is 21.2. The standard InChI is InChI=1S/C20H13ClF3N5O/c1-11(17-18(27-5-4-26-17)16-3-2-15(21)10-28-16)29-19(30)13-6-12(9-25)7-14(8-13)20(22,23)24/h2-8,10-11H,1H3,(H,29,30). The fourth-order valence-electron chi connectivity index (χ4n) is 2.71. The van der Waals surface area contributed by atoms with Gasteiger partial charge in [-0.15, -0.1) is 0 Å². The maximum absolute atomic E-state index is 13.1. The van der Waals surface area contributed by atoms with Gasteiger partial charge in [-0.1, -0.05) is 11.6 Å². The second kappa shape index (κ2) is 8.47. The summed E-state index contributed by atoms with van der Waals surface area (Å²) in [5.41, 5.74) is -0.410. The van der Waals surface area contributed by atoms with Crippen LogP contribution in [0.3, 0.4) is 0 Å². The molecule has 3 rings (SSSR count). The normalized spacial score (nSPS) is 12.1. The summed E-state index contributed by atoms with van der Waals surface area (Å²) in [6.07, 6.45) is -0.373. The maximum atomic E-state index is 13.1. The first-order valence-corrected chi connectivity index (χ1v) is 8.93. The van der Waals surface area contributed by atoms with Gasteiger partial charge in [0.15, 0.2) is 0 Å². The Morgan fingerprint density at radius 2 is 1.90 bits per heavy atom. The molecule has 0 bridgehead atoms. The van der Waals surface area contributed by atoms with Crippen LogP contribution in [-0.4, -0.2) is 20.9 Å². The topological polar surface area (TPSA) is 91.6 Å². The summed E-state index contributed by atoms with van der Waals surface area (Å²) in [5, 5.41) is 12.0. The number of carbonyl (C=O) groups is 1. The third-order valence-electron chi connectivity index (χ3n) is 4.11. The summed E-state index contributed by atoms with van der Waals surface area (Å²) in [7, 11) is 0. The Morgan fingerprint density at radius 1 is 1.17 bits per heavy atom. The number of rotatable bonds is 4. The highest BCUT2D eigenvalue weighted by Gasteiger charge is 2.32. The molecule has 2 heterocycles. The molecule has 1 unspecified atom stereocenters. The number of alkyl halides is 3. The fourth-order valence-corrected chi connectivity index (χ4v) is 2.83. The van der Waals surface area contributed by atoms with Gasteiger partial charge >= 0.3 is 6.18 Å². The molecular formula is C20H13ClF3N5O. The molecule has 30 heavy (non-hydrogen) atoms. The molecule has 0 saturated heterocycles. The van der Waals surface area contributed by atoms with Crippen LogP contribution in [-0.2, 0) is 6.18 Å². The first-order valence-electron chi connectivity index (χ1n) is 8.55. The van der Waals surface area contributed by atoms with Gasteiger partial charge in [0.05, 0.1) is 39.6 Å². The van der Waals surface area contributed by atoms with E-state index in [1.807, 2.05) is 0 Å². The van der Waals surface area contributed by atoms with Crippen molar-refractivity contribution in [3.63, 3.8) is 0 Å². The number of benzene rings is 1. The van der Waals surface area contributed by atoms with E-state index in [0.717, 1.165) is 6.07 Å². The fraction of sp³-hybridized carbons (Fsp3) is 0.150. The minimum absolute atomic E-state index is 0.270. The molecule has 0 fully saturated rings. The van der Waals surface area contributed by atoms with E-state index in [0.29, 0.717) is 34.2 Å². The molecule has 0 aliphatic carbocycles. The van der Waals surface area contributed by atoms with Gasteiger partial charge in [0.1, 0.15) is 5.69 Å². The van der Waals surface area contributed by atoms with Crippen molar-refractivity contribution in [2.75, 3.05) is 0 Å². The van der Waals surface area contributed by atoms with Crippen molar-refractivity contribution in [1.82, 2.24) is 20.3 Å². The minimum Gasteiger partial charge on any atom is -0.344 e. The molecule has 1 atom stereocenters. The Hall–Kier alpha value is -3.51. The summed E-state index contributed by atoms with van der Waals surface area (Å²) in [6.45, 7) is 1.61. The van der Waals surface area contributed by atoms with Crippen LogP contribution in [0.5, 0.6) is 0 Å². The lowest BCUT2D eigenvalue weighted by Crippen LogP contribution is -2.28. The zero-order valence-electron chi connectivity index (χ0n) is 15.4. The third-order valence-corrected chi connectivity index (χ3v) is 4.33. The van der Waals surface area contributed by atoms with Gasteiger partial charge in [-0.3, -0.25) is 19.7 Å². The molecule has 0 aliphatic rings. The molecule has 2 aromatic heterocycles. The number of nitriles is 1. The van der Waals surface area contributed by atoms with Gasteiger partial charge in [0, 0.05) is 24.2 Å². The average Bonchev–Trinajstić information content (AvgIpc) is 2.73. The number of hydrogen-bond acceptors (Lipinski definition) is 5. The van der Waals surface area contributed by atoms with E-state index in [1.54, 1.807) is 25.1 Å². The van der Waals surface area contributed by atoms with Gasteiger partial charge in [-0.2, -0.15) is 18.4 Å². The molecular weight excluding hydrogens is 419 g/mol. The summed E-state index contributed by atoms with van der Waals surface area (Å²) >= 11 is 5.85. The SMILES string of the molecule is CC(NC(=O)c1cc(C#N)cc(C(F)(F)F)c1)c1nccnc1-c1ccc(Cl)cn1. The van der Waals surface area contributed by atoms with Crippen molar-refractivity contribution < 1.29 is 18.0 Å². The number of hydrogen-bond donors (Lipinski definition) is 1. The number of pyridine rings is 1. The van der Waals surface area contributed by atoms with Gasteiger partial charge in [0.2, 0.25) is 0 Å².